The van der Waals surface area contributed by atoms with Gasteiger partial charge in [-0.05, 0) is 19.3 Å². The maximum absolute atomic E-state index is 11.8. The van der Waals surface area contributed by atoms with E-state index in [0.717, 1.165) is 0 Å². The Balaban J connectivity index is 2.23. The van der Waals surface area contributed by atoms with Gasteiger partial charge in [0.15, 0.2) is 0 Å². The topological polar surface area (TPSA) is 35.5 Å². The summed E-state index contributed by atoms with van der Waals surface area (Å²) in [5, 5.41) is 0. The lowest BCUT2D eigenvalue weighted by molar-refractivity contribution is -0.145. The molecule has 0 aliphatic heterocycles. The Morgan fingerprint density at radius 1 is 1.50 bits per heavy atom. The molecule has 0 radical (unpaired) electrons. The Hall–Kier alpha value is -0.710. The average molecular weight is 208 g/mol. The van der Waals surface area contributed by atoms with Crippen molar-refractivity contribution in [1.82, 2.24) is 0 Å². The van der Waals surface area contributed by atoms with Gasteiger partial charge in [0.25, 0.3) is 6.43 Å². The zero-order chi connectivity index (χ0) is 10.6. The van der Waals surface area contributed by atoms with Crippen LogP contribution in [0.25, 0.3) is 0 Å². The fourth-order valence-corrected chi connectivity index (χ4v) is 1.68. The van der Waals surface area contributed by atoms with Gasteiger partial charge in [-0.3, -0.25) is 4.79 Å². The molecule has 0 aromatic carbocycles. The van der Waals surface area contributed by atoms with Crippen molar-refractivity contribution in [1.29, 1.82) is 0 Å². The molecule has 0 N–H and O–H groups in total. The molecule has 1 rings (SSSR count). The van der Waals surface area contributed by atoms with Crippen molar-refractivity contribution in [2.24, 2.45) is 5.92 Å². The molecule has 82 valence electrons. The molecule has 0 bridgehead atoms. The second kappa shape index (κ2) is 5.24. The van der Waals surface area contributed by atoms with Crippen LogP contribution in [0.4, 0.5) is 8.78 Å². The van der Waals surface area contributed by atoms with Gasteiger partial charge in [0.1, 0.15) is 6.61 Å². The third kappa shape index (κ3) is 3.21. The van der Waals surface area contributed by atoms with Crippen LogP contribution in [-0.2, 0) is 14.3 Å². The van der Waals surface area contributed by atoms with Gasteiger partial charge in [0, 0.05) is 0 Å². The van der Waals surface area contributed by atoms with Crippen LogP contribution in [0.15, 0.2) is 0 Å². The fourth-order valence-electron chi connectivity index (χ4n) is 1.68. The highest BCUT2D eigenvalue weighted by atomic mass is 19.3. The Morgan fingerprint density at radius 3 is 2.79 bits per heavy atom. The summed E-state index contributed by atoms with van der Waals surface area (Å²) < 4.78 is 33.1. The predicted octanol–water partition coefficient (Wildman–Crippen LogP) is 1.61. The molecule has 0 aromatic heterocycles. The summed E-state index contributed by atoms with van der Waals surface area (Å²) in [6, 6.07) is 0. The Bertz CT molecular complexity index is 196. The van der Waals surface area contributed by atoms with Gasteiger partial charge in [0.2, 0.25) is 0 Å². The zero-order valence-corrected chi connectivity index (χ0v) is 8.04. The van der Waals surface area contributed by atoms with E-state index in [2.05, 4.69) is 4.74 Å². The summed E-state index contributed by atoms with van der Waals surface area (Å²) in [4.78, 5) is 11.1. The number of carbonyl (C=O) groups excluding carboxylic acids is 1. The van der Waals surface area contributed by atoms with Crippen LogP contribution < -0.4 is 0 Å². The number of carbonyl (C=O) groups is 1. The average Bonchev–Trinajstić information content (AvgIpc) is 2.62. The summed E-state index contributed by atoms with van der Waals surface area (Å²) in [6.45, 7) is -0.543. The van der Waals surface area contributed by atoms with E-state index >= 15 is 0 Å². The highest BCUT2D eigenvalue weighted by Crippen LogP contribution is 2.28. The first-order chi connectivity index (χ1) is 6.63. The SMILES string of the molecule is COC(=O)C1CCC(OCC(F)F)C1. The van der Waals surface area contributed by atoms with Gasteiger partial charge < -0.3 is 9.47 Å². The predicted molar refractivity (Wildman–Crippen MR) is 45.1 cm³/mol. The summed E-state index contributed by atoms with van der Waals surface area (Å²) in [5.74, 6) is -0.448. The summed E-state index contributed by atoms with van der Waals surface area (Å²) in [6.07, 6.45) is -0.827. The molecule has 2 atom stereocenters. The molecule has 1 saturated carbocycles. The maximum Gasteiger partial charge on any atom is 0.308 e. The molecule has 0 spiro atoms. The van der Waals surface area contributed by atoms with Crippen molar-refractivity contribution in [3.8, 4) is 0 Å². The Morgan fingerprint density at radius 2 is 2.21 bits per heavy atom. The number of esters is 1. The standard InChI is InChI=1S/C9H14F2O3/c1-13-9(12)6-2-3-7(4-6)14-5-8(10)11/h6-8H,2-5H2,1H3. The van der Waals surface area contributed by atoms with Gasteiger partial charge in [-0.1, -0.05) is 0 Å². The van der Waals surface area contributed by atoms with E-state index in [1.54, 1.807) is 0 Å². The van der Waals surface area contributed by atoms with Crippen LogP contribution >= 0.6 is 0 Å². The first-order valence-electron chi connectivity index (χ1n) is 4.61. The summed E-state index contributed by atoms with van der Waals surface area (Å²) >= 11 is 0. The van der Waals surface area contributed by atoms with Crippen LogP contribution in [0, 0.1) is 5.92 Å². The van der Waals surface area contributed by atoms with Gasteiger partial charge in [-0.25, -0.2) is 8.78 Å². The number of halogens is 2. The number of hydrogen-bond acceptors (Lipinski definition) is 3. The second-order valence-corrected chi connectivity index (χ2v) is 3.38. The van der Waals surface area contributed by atoms with Crippen LogP contribution in [0.5, 0.6) is 0 Å². The van der Waals surface area contributed by atoms with E-state index in [1.165, 1.54) is 7.11 Å². The number of rotatable bonds is 4. The number of alkyl halides is 2. The third-order valence-electron chi connectivity index (χ3n) is 2.38. The summed E-state index contributed by atoms with van der Waals surface area (Å²) in [5.41, 5.74) is 0. The van der Waals surface area contributed by atoms with Crippen LogP contribution in [0.2, 0.25) is 0 Å². The van der Waals surface area contributed by atoms with E-state index in [9.17, 15) is 13.6 Å². The minimum absolute atomic E-state index is 0.178. The molecule has 5 heteroatoms. The largest absolute Gasteiger partial charge is 0.469 e. The molecule has 2 unspecified atom stereocenters. The molecule has 14 heavy (non-hydrogen) atoms. The highest BCUT2D eigenvalue weighted by molar-refractivity contribution is 5.72. The summed E-state index contributed by atoms with van der Waals surface area (Å²) in [7, 11) is 1.33. The quantitative estimate of drug-likeness (QED) is 0.658. The maximum atomic E-state index is 11.8. The van der Waals surface area contributed by atoms with E-state index in [1.807, 2.05) is 0 Å². The van der Waals surface area contributed by atoms with Crippen molar-refractivity contribution in [2.45, 2.75) is 31.8 Å². The molecule has 0 aromatic rings. The molecular weight excluding hydrogens is 194 g/mol. The van der Waals surface area contributed by atoms with E-state index in [4.69, 9.17) is 4.74 Å². The Labute approximate surface area is 81.4 Å². The van der Waals surface area contributed by atoms with E-state index in [-0.39, 0.29) is 18.0 Å². The minimum atomic E-state index is -2.44. The molecule has 0 heterocycles. The van der Waals surface area contributed by atoms with E-state index in [0.29, 0.717) is 19.3 Å². The van der Waals surface area contributed by atoms with Gasteiger partial charge in [0.05, 0.1) is 19.1 Å². The Kier molecular flexibility index (Phi) is 4.25. The molecule has 1 aliphatic rings. The van der Waals surface area contributed by atoms with Gasteiger partial charge >= 0.3 is 5.97 Å². The first kappa shape index (κ1) is 11.4. The van der Waals surface area contributed by atoms with Crippen molar-refractivity contribution in [3.63, 3.8) is 0 Å². The lowest BCUT2D eigenvalue weighted by Gasteiger charge is -2.11. The van der Waals surface area contributed by atoms with Crippen molar-refractivity contribution in [3.05, 3.63) is 0 Å². The molecule has 1 fully saturated rings. The molecule has 0 saturated heterocycles. The second-order valence-electron chi connectivity index (χ2n) is 3.38. The lowest BCUT2D eigenvalue weighted by Crippen LogP contribution is -2.17. The zero-order valence-electron chi connectivity index (χ0n) is 8.04. The van der Waals surface area contributed by atoms with Crippen molar-refractivity contribution >= 4 is 5.97 Å². The smallest absolute Gasteiger partial charge is 0.308 e. The first-order valence-corrected chi connectivity index (χ1v) is 4.61. The molecule has 0 amide bonds. The van der Waals surface area contributed by atoms with Crippen molar-refractivity contribution < 1.29 is 23.0 Å². The van der Waals surface area contributed by atoms with Crippen molar-refractivity contribution in [2.75, 3.05) is 13.7 Å². The number of methoxy groups -OCH3 is 1. The monoisotopic (exact) mass is 208 g/mol. The van der Waals surface area contributed by atoms with E-state index < -0.39 is 13.0 Å². The molecule has 3 nitrogen and oxygen atoms in total. The van der Waals surface area contributed by atoms with Gasteiger partial charge in [-0.15, -0.1) is 0 Å². The third-order valence-corrected chi connectivity index (χ3v) is 2.38. The normalized spacial score (nSPS) is 26.9. The highest BCUT2D eigenvalue weighted by Gasteiger charge is 2.31. The lowest BCUT2D eigenvalue weighted by atomic mass is 10.1. The van der Waals surface area contributed by atoms with Crippen LogP contribution in [-0.4, -0.2) is 32.2 Å². The van der Waals surface area contributed by atoms with Crippen LogP contribution in [0.1, 0.15) is 19.3 Å². The van der Waals surface area contributed by atoms with Gasteiger partial charge in [-0.2, -0.15) is 0 Å². The van der Waals surface area contributed by atoms with Crippen LogP contribution in [0.3, 0.4) is 0 Å². The number of hydrogen-bond donors (Lipinski definition) is 0. The minimum Gasteiger partial charge on any atom is -0.469 e. The fraction of sp³-hybridized carbons (Fsp3) is 0.889. The molecular formula is C9H14F2O3. The number of ether oxygens (including phenoxy) is 2. The molecule has 1 aliphatic carbocycles.